The van der Waals surface area contributed by atoms with Gasteiger partial charge in [0.25, 0.3) is 5.91 Å². The van der Waals surface area contributed by atoms with Gasteiger partial charge in [-0.3, -0.25) is 4.79 Å². The number of benzene rings is 1. The number of pyridine rings is 1. The maximum absolute atomic E-state index is 11.9. The molecule has 6 heteroatoms. The molecular weight excluding hydrogens is 330 g/mol. The van der Waals surface area contributed by atoms with Crippen molar-refractivity contribution < 1.29 is 14.3 Å². The maximum Gasteiger partial charge on any atom is 0.252 e. The predicted octanol–water partition coefficient (Wildman–Crippen LogP) is 3.19. The highest BCUT2D eigenvalue weighted by Crippen LogP contribution is 2.40. The molecule has 6 nitrogen and oxygen atoms in total. The van der Waals surface area contributed by atoms with E-state index >= 15 is 0 Å². The third-order valence-corrected chi connectivity index (χ3v) is 4.69. The van der Waals surface area contributed by atoms with Crippen LogP contribution in [0.2, 0.25) is 0 Å². The number of nitrogens with one attached hydrogen (secondary N) is 1. The van der Waals surface area contributed by atoms with E-state index in [-0.39, 0.29) is 11.9 Å². The molecule has 0 bridgehead atoms. The molecule has 1 aliphatic rings. The molecule has 2 heterocycles. The molecule has 0 radical (unpaired) electrons. The van der Waals surface area contributed by atoms with Crippen molar-refractivity contribution in [3.63, 3.8) is 0 Å². The van der Waals surface area contributed by atoms with Crippen LogP contribution in [0.5, 0.6) is 11.5 Å². The topological polar surface area (TPSA) is 63.7 Å². The summed E-state index contributed by atoms with van der Waals surface area (Å²) in [5.74, 6) is 2.37. The van der Waals surface area contributed by atoms with E-state index in [2.05, 4.69) is 21.3 Å². The summed E-state index contributed by atoms with van der Waals surface area (Å²) in [6.07, 6.45) is 3.75. The zero-order valence-electron chi connectivity index (χ0n) is 15.5. The summed E-state index contributed by atoms with van der Waals surface area (Å²) in [7, 11) is 3.33. The molecule has 1 N–H and O–H groups in total. The highest BCUT2D eigenvalue weighted by Gasteiger charge is 2.29. The average Bonchev–Trinajstić information content (AvgIpc) is 3.17. The van der Waals surface area contributed by atoms with E-state index < -0.39 is 0 Å². The van der Waals surface area contributed by atoms with Gasteiger partial charge >= 0.3 is 0 Å². The second kappa shape index (κ2) is 8.08. The van der Waals surface area contributed by atoms with Gasteiger partial charge in [0, 0.05) is 30.9 Å². The van der Waals surface area contributed by atoms with Crippen LogP contribution in [0.3, 0.4) is 0 Å². The highest BCUT2D eigenvalue weighted by molar-refractivity contribution is 5.94. The summed E-state index contributed by atoms with van der Waals surface area (Å²) < 4.78 is 10.9. The number of aromatic nitrogens is 1. The van der Waals surface area contributed by atoms with Gasteiger partial charge in [-0.25, -0.2) is 4.98 Å². The Balaban J connectivity index is 1.85. The number of methoxy groups -OCH3 is 2. The molecule has 1 aliphatic heterocycles. The third-order valence-electron chi connectivity index (χ3n) is 4.69. The lowest BCUT2D eigenvalue weighted by atomic mass is 10.0. The van der Waals surface area contributed by atoms with E-state index in [1.807, 2.05) is 31.2 Å². The normalized spacial score (nSPS) is 16.4. The SMILES string of the molecule is CCNC(=O)c1ccc(N2CCCC2c2ccc(OC)cc2OC)nc1. The van der Waals surface area contributed by atoms with Crippen molar-refractivity contribution in [2.75, 3.05) is 32.2 Å². The molecule has 1 saturated heterocycles. The lowest BCUT2D eigenvalue weighted by Gasteiger charge is -2.27. The van der Waals surface area contributed by atoms with Gasteiger partial charge in [0.1, 0.15) is 17.3 Å². The molecule has 26 heavy (non-hydrogen) atoms. The average molecular weight is 355 g/mol. The van der Waals surface area contributed by atoms with Gasteiger partial charge in [0.15, 0.2) is 0 Å². The Morgan fingerprint density at radius 3 is 2.77 bits per heavy atom. The molecule has 0 aliphatic carbocycles. The summed E-state index contributed by atoms with van der Waals surface area (Å²) in [5, 5.41) is 2.79. The number of carbonyl (C=O) groups excluding carboxylic acids is 1. The van der Waals surface area contributed by atoms with Crippen molar-refractivity contribution in [3.8, 4) is 11.5 Å². The zero-order chi connectivity index (χ0) is 18.5. The quantitative estimate of drug-likeness (QED) is 0.862. The van der Waals surface area contributed by atoms with Crippen LogP contribution in [-0.4, -0.2) is 38.2 Å². The van der Waals surface area contributed by atoms with Gasteiger partial charge < -0.3 is 19.7 Å². The lowest BCUT2D eigenvalue weighted by Crippen LogP contribution is -2.25. The lowest BCUT2D eigenvalue weighted by molar-refractivity contribution is 0.0955. The molecule has 1 atom stereocenters. The van der Waals surface area contributed by atoms with Crippen molar-refractivity contribution in [2.24, 2.45) is 0 Å². The molecule has 1 aromatic carbocycles. The Hall–Kier alpha value is -2.76. The minimum atomic E-state index is -0.0960. The Morgan fingerprint density at radius 2 is 2.12 bits per heavy atom. The van der Waals surface area contributed by atoms with Gasteiger partial charge in [-0.2, -0.15) is 0 Å². The first-order valence-corrected chi connectivity index (χ1v) is 8.90. The smallest absolute Gasteiger partial charge is 0.252 e. The second-order valence-electron chi connectivity index (χ2n) is 6.22. The maximum atomic E-state index is 11.9. The Kier molecular flexibility index (Phi) is 5.61. The minimum absolute atomic E-state index is 0.0960. The number of hydrogen-bond donors (Lipinski definition) is 1. The van der Waals surface area contributed by atoms with Gasteiger partial charge in [0.05, 0.1) is 25.8 Å². The van der Waals surface area contributed by atoms with Gasteiger partial charge in [-0.1, -0.05) is 0 Å². The van der Waals surface area contributed by atoms with Crippen molar-refractivity contribution in [1.29, 1.82) is 0 Å². The van der Waals surface area contributed by atoms with E-state index in [0.717, 1.165) is 42.3 Å². The molecule has 0 saturated carbocycles. The summed E-state index contributed by atoms with van der Waals surface area (Å²) in [6, 6.07) is 9.87. The first-order chi connectivity index (χ1) is 12.7. The van der Waals surface area contributed by atoms with Crippen LogP contribution in [0.1, 0.15) is 41.7 Å². The molecule has 2 aromatic rings. The number of ether oxygens (including phenoxy) is 2. The van der Waals surface area contributed by atoms with E-state index in [1.165, 1.54) is 0 Å². The fraction of sp³-hybridized carbons (Fsp3) is 0.400. The summed E-state index contributed by atoms with van der Waals surface area (Å²) >= 11 is 0. The Labute approximate surface area is 154 Å². The molecule has 3 rings (SSSR count). The summed E-state index contributed by atoms with van der Waals surface area (Å²) in [5.41, 5.74) is 1.70. The molecule has 1 fully saturated rings. The number of rotatable bonds is 6. The standard InChI is InChI=1S/C20H25N3O3/c1-4-21-20(24)14-7-10-19(22-13-14)23-11-5-6-17(23)16-9-8-15(25-2)12-18(16)26-3/h7-10,12-13,17H,4-6,11H2,1-3H3,(H,21,24). The van der Waals surface area contributed by atoms with Gasteiger partial charge in [-0.15, -0.1) is 0 Å². The van der Waals surface area contributed by atoms with Crippen LogP contribution >= 0.6 is 0 Å². The van der Waals surface area contributed by atoms with Gasteiger partial charge in [0.2, 0.25) is 0 Å². The van der Waals surface area contributed by atoms with Crippen LogP contribution in [0.15, 0.2) is 36.5 Å². The number of anilines is 1. The van der Waals surface area contributed by atoms with Crippen LogP contribution in [0, 0.1) is 0 Å². The Morgan fingerprint density at radius 1 is 1.27 bits per heavy atom. The highest BCUT2D eigenvalue weighted by atomic mass is 16.5. The third kappa shape index (κ3) is 3.59. The molecule has 1 aromatic heterocycles. The van der Waals surface area contributed by atoms with Gasteiger partial charge in [-0.05, 0) is 44.0 Å². The molecular formula is C20H25N3O3. The molecule has 1 amide bonds. The fourth-order valence-corrected chi connectivity index (χ4v) is 3.41. The molecule has 0 spiro atoms. The molecule has 138 valence electrons. The first kappa shape index (κ1) is 18.0. The van der Waals surface area contributed by atoms with Crippen LogP contribution in [0.25, 0.3) is 0 Å². The fourth-order valence-electron chi connectivity index (χ4n) is 3.41. The number of hydrogen-bond acceptors (Lipinski definition) is 5. The Bertz CT molecular complexity index is 761. The van der Waals surface area contributed by atoms with Crippen LogP contribution in [0.4, 0.5) is 5.82 Å². The summed E-state index contributed by atoms with van der Waals surface area (Å²) in [6.45, 7) is 3.43. The first-order valence-electron chi connectivity index (χ1n) is 8.90. The van der Waals surface area contributed by atoms with E-state index in [4.69, 9.17) is 9.47 Å². The number of amides is 1. The van der Waals surface area contributed by atoms with Crippen molar-refractivity contribution in [1.82, 2.24) is 10.3 Å². The number of nitrogens with zero attached hydrogens (tertiary/aromatic N) is 2. The van der Waals surface area contributed by atoms with Crippen molar-refractivity contribution in [3.05, 3.63) is 47.7 Å². The van der Waals surface area contributed by atoms with E-state index in [0.29, 0.717) is 12.1 Å². The van der Waals surface area contributed by atoms with E-state index in [1.54, 1.807) is 20.4 Å². The van der Waals surface area contributed by atoms with E-state index in [9.17, 15) is 4.79 Å². The molecule has 1 unspecified atom stereocenters. The van der Waals surface area contributed by atoms with Crippen LogP contribution < -0.4 is 19.7 Å². The monoisotopic (exact) mass is 355 g/mol. The summed E-state index contributed by atoms with van der Waals surface area (Å²) in [4.78, 5) is 18.7. The second-order valence-corrected chi connectivity index (χ2v) is 6.22. The number of carbonyl (C=O) groups is 1. The van der Waals surface area contributed by atoms with Crippen molar-refractivity contribution >= 4 is 11.7 Å². The zero-order valence-corrected chi connectivity index (χ0v) is 15.5. The largest absolute Gasteiger partial charge is 0.497 e. The minimum Gasteiger partial charge on any atom is -0.497 e. The predicted molar refractivity (Wildman–Crippen MR) is 101 cm³/mol. The van der Waals surface area contributed by atoms with Crippen molar-refractivity contribution in [2.45, 2.75) is 25.8 Å². The van der Waals surface area contributed by atoms with Crippen LogP contribution in [-0.2, 0) is 0 Å².